The molecule has 9 heteroatoms. The highest BCUT2D eigenvalue weighted by Gasteiger charge is 2.15. The molecule has 0 atom stereocenters. The van der Waals surface area contributed by atoms with Crippen LogP contribution >= 0.6 is 0 Å². The van der Waals surface area contributed by atoms with Crippen molar-refractivity contribution >= 4 is 21.7 Å². The predicted octanol–water partition coefficient (Wildman–Crippen LogP) is 0.688. The summed E-state index contributed by atoms with van der Waals surface area (Å²) < 4.78 is 33.6. The van der Waals surface area contributed by atoms with Crippen LogP contribution in [0.15, 0.2) is 41.4 Å². The lowest BCUT2D eigenvalue weighted by Gasteiger charge is -2.11. The number of carbonyl (C=O) groups excluding carboxylic acids is 1. The molecule has 1 N–H and O–H groups in total. The first-order valence-corrected chi connectivity index (χ1v) is 8.22. The predicted molar refractivity (Wildman–Crippen MR) is 84.6 cm³/mol. The van der Waals surface area contributed by atoms with Crippen molar-refractivity contribution < 1.29 is 17.9 Å². The van der Waals surface area contributed by atoms with Crippen LogP contribution in [0.4, 0.5) is 5.82 Å². The maximum Gasteiger partial charge on any atom is 0.263 e. The third-order valence-corrected chi connectivity index (χ3v) is 4.32. The Morgan fingerprint density at radius 3 is 2.43 bits per heavy atom. The van der Waals surface area contributed by atoms with E-state index in [-0.39, 0.29) is 23.2 Å². The van der Waals surface area contributed by atoms with Gasteiger partial charge in [0, 0.05) is 33.4 Å². The minimum absolute atomic E-state index is 0.0782. The molecule has 2 aromatic rings. The van der Waals surface area contributed by atoms with Crippen molar-refractivity contribution in [3.05, 3.63) is 36.5 Å². The topological polar surface area (TPSA) is 93.5 Å². The van der Waals surface area contributed by atoms with E-state index >= 15 is 0 Å². The fraction of sp³-hybridized carbons (Fsp3) is 0.286. The zero-order valence-corrected chi connectivity index (χ0v) is 13.9. The highest BCUT2D eigenvalue weighted by Crippen LogP contribution is 2.18. The van der Waals surface area contributed by atoms with Crippen LogP contribution in [0, 0.1) is 0 Å². The number of hydrogen-bond donors (Lipinski definition) is 1. The first-order valence-electron chi connectivity index (χ1n) is 6.73. The van der Waals surface area contributed by atoms with Gasteiger partial charge in [-0.05, 0) is 24.3 Å². The number of sulfonamides is 1. The molecule has 1 aromatic carbocycles. The molecule has 2 rings (SSSR count). The summed E-state index contributed by atoms with van der Waals surface area (Å²) in [6, 6.07) is 7.36. The zero-order chi connectivity index (χ0) is 17.0. The maximum absolute atomic E-state index is 12.2. The summed E-state index contributed by atoms with van der Waals surface area (Å²) in [5.41, 5.74) is 0. The van der Waals surface area contributed by atoms with Crippen molar-refractivity contribution in [2.75, 3.05) is 25.4 Å². The summed E-state index contributed by atoms with van der Waals surface area (Å²) in [4.78, 5) is 12.9. The van der Waals surface area contributed by atoms with E-state index in [1.54, 1.807) is 33.4 Å². The molecule has 0 spiro atoms. The molecule has 8 nitrogen and oxygen atoms in total. The molecule has 0 radical (unpaired) electrons. The third-order valence-electron chi connectivity index (χ3n) is 2.95. The van der Waals surface area contributed by atoms with Gasteiger partial charge in [0.25, 0.3) is 15.9 Å². The molecule has 1 amide bonds. The highest BCUT2D eigenvalue weighted by atomic mass is 32.2. The van der Waals surface area contributed by atoms with E-state index in [0.717, 1.165) is 0 Å². The number of ether oxygens (including phenoxy) is 1. The molecule has 0 aliphatic carbocycles. The van der Waals surface area contributed by atoms with Crippen molar-refractivity contribution in [2.45, 2.75) is 4.90 Å². The van der Waals surface area contributed by atoms with Crippen molar-refractivity contribution in [2.24, 2.45) is 7.05 Å². The molecule has 0 aliphatic rings. The van der Waals surface area contributed by atoms with Gasteiger partial charge in [0.05, 0.1) is 4.90 Å². The van der Waals surface area contributed by atoms with Crippen LogP contribution in [0.25, 0.3) is 0 Å². The van der Waals surface area contributed by atoms with Crippen LogP contribution in [0.3, 0.4) is 0 Å². The van der Waals surface area contributed by atoms with Gasteiger partial charge in [-0.15, -0.1) is 0 Å². The van der Waals surface area contributed by atoms with Crippen molar-refractivity contribution in [1.82, 2.24) is 14.7 Å². The molecular formula is C14H18N4O4S. The van der Waals surface area contributed by atoms with E-state index in [9.17, 15) is 13.2 Å². The van der Waals surface area contributed by atoms with Gasteiger partial charge < -0.3 is 9.64 Å². The quantitative estimate of drug-likeness (QED) is 0.836. The summed E-state index contributed by atoms with van der Waals surface area (Å²) in [5.74, 6) is 0.472. The Labute approximate surface area is 134 Å². The normalized spacial score (nSPS) is 11.1. The van der Waals surface area contributed by atoms with Gasteiger partial charge in [-0.3, -0.25) is 14.2 Å². The number of carbonyl (C=O) groups is 1. The number of aryl methyl sites for hydroxylation is 1. The monoisotopic (exact) mass is 338 g/mol. The summed E-state index contributed by atoms with van der Waals surface area (Å²) in [6.45, 7) is -0.106. The van der Waals surface area contributed by atoms with E-state index in [0.29, 0.717) is 5.75 Å². The number of benzene rings is 1. The van der Waals surface area contributed by atoms with E-state index < -0.39 is 10.0 Å². The summed E-state index contributed by atoms with van der Waals surface area (Å²) >= 11 is 0. The first-order chi connectivity index (χ1) is 10.8. The first kappa shape index (κ1) is 16.8. The van der Waals surface area contributed by atoms with Gasteiger partial charge in [0.15, 0.2) is 12.4 Å². The van der Waals surface area contributed by atoms with Crippen LogP contribution in [0.2, 0.25) is 0 Å². The lowest BCUT2D eigenvalue weighted by Crippen LogP contribution is -2.27. The number of hydrogen-bond acceptors (Lipinski definition) is 5. The smallest absolute Gasteiger partial charge is 0.263 e. The van der Waals surface area contributed by atoms with Crippen molar-refractivity contribution in [3.63, 3.8) is 0 Å². The zero-order valence-electron chi connectivity index (χ0n) is 13.1. The summed E-state index contributed by atoms with van der Waals surface area (Å²) in [6.07, 6.45) is 1.64. The fourth-order valence-corrected chi connectivity index (χ4v) is 2.65. The molecule has 0 aliphatic heterocycles. The van der Waals surface area contributed by atoms with Crippen LogP contribution in [-0.4, -0.2) is 49.7 Å². The molecule has 0 bridgehead atoms. The lowest BCUT2D eigenvalue weighted by atomic mass is 10.3. The molecule has 1 aromatic heterocycles. The molecular weight excluding hydrogens is 320 g/mol. The van der Waals surface area contributed by atoms with Crippen LogP contribution < -0.4 is 9.46 Å². The SMILES string of the molecule is CN(C)C(=O)COc1ccc(S(=O)(=O)Nc2ccn(C)n2)cc1. The number of nitrogens with one attached hydrogen (secondary N) is 1. The summed E-state index contributed by atoms with van der Waals surface area (Å²) in [7, 11) is 1.23. The van der Waals surface area contributed by atoms with Crippen LogP contribution in [0.1, 0.15) is 0 Å². The minimum atomic E-state index is -3.72. The van der Waals surface area contributed by atoms with Crippen LogP contribution in [0.5, 0.6) is 5.75 Å². The standard InChI is InChI=1S/C14H18N4O4S/c1-17(2)14(19)10-22-11-4-6-12(7-5-11)23(20,21)16-13-8-9-18(3)15-13/h4-9H,10H2,1-3H3,(H,15,16). The average Bonchev–Trinajstić information content (AvgIpc) is 2.89. The Bertz CT molecular complexity index is 781. The third kappa shape index (κ3) is 4.46. The largest absolute Gasteiger partial charge is 0.484 e. The van der Waals surface area contributed by atoms with Gasteiger partial charge in [-0.2, -0.15) is 5.10 Å². The Kier molecular flexibility index (Phi) is 4.89. The minimum Gasteiger partial charge on any atom is -0.484 e. The fourth-order valence-electron chi connectivity index (χ4n) is 1.66. The molecule has 23 heavy (non-hydrogen) atoms. The lowest BCUT2D eigenvalue weighted by molar-refractivity contribution is -0.130. The highest BCUT2D eigenvalue weighted by molar-refractivity contribution is 7.92. The number of rotatable bonds is 6. The van der Waals surface area contributed by atoms with Crippen molar-refractivity contribution in [3.8, 4) is 5.75 Å². The number of aromatic nitrogens is 2. The van der Waals surface area contributed by atoms with E-state index in [2.05, 4.69) is 9.82 Å². The van der Waals surface area contributed by atoms with Gasteiger partial charge >= 0.3 is 0 Å². The van der Waals surface area contributed by atoms with E-state index in [1.165, 1.54) is 33.8 Å². The van der Waals surface area contributed by atoms with Crippen molar-refractivity contribution in [1.29, 1.82) is 0 Å². The molecule has 0 saturated carbocycles. The second-order valence-electron chi connectivity index (χ2n) is 5.03. The van der Waals surface area contributed by atoms with E-state index in [1.807, 2.05) is 0 Å². The number of nitrogens with zero attached hydrogens (tertiary/aromatic N) is 3. The number of amides is 1. The Morgan fingerprint density at radius 1 is 1.26 bits per heavy atom. The van der Waals surface area contributed by atoms with Gasteiger partial charge in [0.1, 0.15) is 5.75 Å². The molecule has 0 saturated heterocycles. The number of likely N-dealkylation sites (N-methyl/N-ethyl adjacent to an activating group) is 1. The number of anilines is 1. The molecule has 124 valence electrons. The molecule has 1 heterocycles. The second-order valence-corrected chi connectivity index (χ2v) is 6.71. The van der Waals surface area contributed by atoms with E-state index in [4.69, 9.17) is 4.74 Å². The molecule has 0 fully saturated rings. The Hall–Kier alpha value is -2.55. The Balaban J connectivity index is 2.04. The second kappa shape index (κ2) is 6.69. The summed E-state index contributed by atoms with van der Waals surface area (Å²) in [5, 5.41) is 3.96. The van der Waals surface area contributed by atoms with Crippen LogP contribution in [-0.2, 0) is 21.9 Å². The average molecular weight is 338 g/mol. The van der Waals surface area contributed by atoms with Gasteiger partial charge in [0.2, 0.25) is 0 Å². The maximum atomic E-state index is 12.2. The molecule has 0 unspecified atom stereocenters. The van der Waals surface area contributed by atoms with Gasteiger partial charge in [-0.25, -0.2) is 8.42 Å². The van der Waals surface area contributed by atoms with Gasteiger partial charge in [-0.1, -0.05) is 0 Å². The Morgan fingerprint density at radius 2 is 1.91 bits per heavy atom.